The topological polar surface area (TPSA) is 112 Å². The van der Waals surface area contributed by atoms with Crippen molar-refractivity contribution < 1.29 is 13.8 Å². The third-order valence-corrected chi connectivity index (χ3v) is 3.25. The van der Waals surface area contributed by atoms with Gasteiger partial charge in [-0.15, -0.1) is 10.2 Å². The molecule has 3 heterocycles. The van der Waals surface area contributed by atoms with Crippen LogP contribution in [-0.2, 0) is 0 Å². The third-order valence-electron chi connectivity index (χ3n) is 2.63. The first-order valence-corrected chi connectivity index (χ1v) is 7.23. The second-order valence-corrected chi connectivity index (χ2v) is 4.75. The minimum absolute atomic E-state index is 0.248. The van der Waals surface area contributed by atoms with Gasteiger partial charge in [0.05, 0.1) is 18.5 Å². The lowest BCUT2D eigenvalue weighted by molar-refractivity contribution is -0.402. The molecule has 0 aliphatic heterocycles. The minimum atomic E-state index is -0.613. The maximum absolute atomic E-state index is 10.6. The van der Waals surface area contributed by atoms with Crippen LogP contribution in [0.4, 0.5) is 5.88 Å². The number of hydrogen-bond acceptors (Lipinski definition) is 8. The molecular weight excluding hydrogens is 310 g/mol. The molecule has 3 aromatic rings. The molecule has 22 heavy (non-hydrogen) atoms. The van der Waals surface area contributed by atoms with Crippen molar-refractivity contribution in [3.05, 3.63) is 46.4 Å². The molecule has 0 fully saturated rings. The molecule has 0 aliphatic rings. The third kappa shape index (κ3) is 2.63. The number of thioether (sulfide) groups is 1. The van der Waals surface area contributed by atoms with E-state index >= 15 is 0 Å². The van der Waals surface area contributed by atoms with Crippen molar-refractivity contribution >= 4 is 23.9 Å². The molecule has 0 bridgehead atoms. The monoisotopic (exact) mass is 319 g/mol. The van der Waals surface area contributed by atoms with Gasteiger partial charge in [0, 0.05) is 0 Å². The van der Waals surface area contributed by atoms with Crippen molar-refractivity contribution in [1.82, 2.24) is 14.9 Å². The molecule has 0 N–H and O–H groups in total. The Labute approximate surface area is 127 Å². The van der Waals surface area contributed by atoms with Gasteiger partial charge in [0.1, 0.15) is 4.92 Å². The molecule has 9 nitrogen and oxygen atoms in total. The van der Waals surface area contributed by atoms with Crippen LogP contribution in [-0.4, -0.2) is 32.3 Å². The van der Waals surface area contributed by atoms with E-state index in [2.05, 4.69) is 15.3 Å². The molecule has 0 spiro atoms. The van der Waals surface area contributed by atoms with Crippen LogP contribution in [0.5, 0.6) is 0 Å². The highest BCUT2D eigenvalue weighted by Gasteiger charge is 2.15. The zero-order valence-corrected chi connectivity index (χ0v) is 12.1. The number of aromatic nitrogens is 3. The zero-order chi connectivity index (χ0) is 15.5. The van der Waals surface area contributed by atoms with E-state index in [-0.39, 0.29) is 11.6 Å². The molecule has 0 amide bonds. The van der Waals surface area contributed by atoms with Crippen molar-refractivity contribution in [3.63, 3.8) is 0 Å². The molecule has 0 saturated heterocycles. The van der Waals surface area contributed by atoms with Crippen molar-refractivity contribution in [1.29, 1.82) is 0 Å². The summed E-state index contributed by atoms with van der Waals surface area (Å²) in [6.07, 6.45) is 4.70. The summed E-state index contributed by atoms with van der Waals surface area (Å²) in [5.74, 6) is 0.835. The lowest BCUT2D eigenvalue weighted by Gasteiger charge is -1.99. The Morgan fingerprint density at radius 3 is 2.91 bits per heavy atom. The van der Waals surface area contributed by atoms with E-state index in [0.717, 1.165) is 0 Å². The number of hydrogen-bond donors (Lipinski definition) is 0. The Balaban J connectivity index is 1.95. The molecule has 3 aromatic heterocycles. The summed E-state index contributed by atoms with van der Waals surface area (Å²) < 4.78 is 11.8. The Hall–Kier alpha value is -2.88. The molecule has 0 unspecified atom stereocenters. The van der Waals surface area contributed by atoms with Gasteiger partial charge < -0.3 is 8.83 Å². The quantitative estimate of drug-likeness (QED) is 0.307. The molecule has 3 rings (SSSR count). The summed E-state index contributed by atoms with van der Waals surface area (Å²) in [5, 5.41) is 23.4. The number of furan rings is 2. The van der Waals surface area contributed by atoms with Crippen LogP contribution in [0.25, 0.3) is 11.6 Å². The average Bonchev–Trinajstić information content (AvgIpc) is 3.24. The van der Waals surface area contributed by atoms with E-state index in [1.54, 1.807) is 12.1 Å². The summed E-state index contributed by atoms with van der Waals surface area (Å²) in [5.41, 5.74) is 0. The summed E-state index contributed by atoms with van der Waals surface area (Å²) in [4.78, 5) is 9.97. The van der Waals surface area contributed by atoms with E-state index in [1.165, 1.54) is 41.0 Å². The van der Waals surface area contributed by atoms with E-state index in [9.17, 15) is 10.1 Å². The maximum atomic E-state index is 10.6. The second kappa shape index (κ2) is 5.85. The first-order chi connectivity index (χ1) is 10.7. The van der Waals surface area contributed by atoms with Gasteiger partial charge in [0.25, 0.3) is 0 Å². The first-order valence-electron chi connectivity index (χ1n) is 6.01. The highest BCUT2D eigenvalue weighted by Crippen LogP contribution is 2.23. The molecule has 0 saturated carbocycles. The van der Waals surface area contributed by atoms with Crippen molar-refractivity contribution in [3.8, 4) is 11.6 Å². The van der Waals surface area contributed by atoms with Gasteiger partial charge in [0.15, 0.2) is 11.5 Å². The van der Waals surface area contributed by atoms with E-state index < -0.39 is 4.92 Å². The van der Waals surface area contributed by atoms with Gasteiger partial charge in [0.2, 0.25) is 11.0 Å². The molecule has 0 aromatic carbocycles. The second-order valence-electron chi connectivity index (χ2n) is 3.98. The highest BCUT2D eigenvalue weighted by molar-refractivity contribution is 7.98. The van der Waals surface area contributed by atoms with Gasteiger partial charge in [-0.05, 0) is 24.5 Å². The van der Waals surface area contributed by atoms with Crippen LogP contribution < -0.4 is 0 Å². The Morgan fingerprint density at radius 1 is 1.41 bits per heavy atom. The van der Waals surface area contributed by atoms with Gasteiger partial charge in [-0.1, -0.05) is 11.8 Å². The Bertz CT molecular complexity index is 821. The van der Waals surface area contributed by atoms with Crippen molar-refractivity contribution in [2.24, 2.45) is 5.10 Å². The summed E-state index contributed by atoms with van der Waals surface area (Å²) in [6.45, 7) is 0. The van der Waals surface area contributed by atoms with E-state index in [0.29, 0.717) is 16.7 Å². The molecule has 0 aliphatic carbocycles. The lowest BCUT2D eigenvalue weighted by Crippen LogP contribution is -1.95. The van der Waals surface area contributed by atoms with Gasteiger partial charge in [-0.25, -0.2) is 0 Å². The summed E-state index contributed by atoms with van der Waals surface area (Å²) in [7, 11) is 0. The van der Waals surface area contributed by atoms with Crippen molar-refractivity contribution in [2.45, 2.75) is 5.16 Å². The van der Waals surface area contributed by atoms with Crippen LogP contribution in [0, 0.1) is 10.1 Å². The normalized spacial score (nSPS) is 11.3. The van der Waals surface area contributed by atoms with Gasteiger partial charge in [-0.2, -0.15) is 9.78 Å². The van der Waals surface area contributed by atoms with E-state index in [1.807, 2.05) is 6.26 Å². The lowest BCUT2D eigenvalue weighted by atomic mass is 10.4. The standard InChI is InChI=1S/C12H9N5O4S/c1-22-12-15-14-11(9-3-2-6-20-9)16(12)13-7-8-4-5-10(21-8)17(18)19/h2-7H,1H3/b13-7-. The fourth-order valence-electron chi connectivity index (χ4n) is 1.68. The van der Waals surface area contributed by atoms with Crippen LogP contribution in [0.3, 0.4) is 0 Å². The minimum Gasteiger partial charge on any atom is -0.461 e. The van der Waals surface area contributed by atoms with Gasteiger partial charge in [-0.3, -0.25) is 10.1 Å². The highest BCUT2D eigenvalue weighted by atomic mass is 32.2. The molecule has 0 radical (unpaired) electrons. The number of nitro groups is 1. The molecule has 10 heteroatoms. The van der Waals surface area contributed by atoms with Crippen LogP contribution in [0.1, 0.15) is 5.76 Å². The van der Waals surface area contributed by atoms with E-state index in [4.69, 9.17) is 8.83 Å². The predicted octanol–water partition coefficient (Wildman–Crippen LogP) is 2.64. The summed E-state index contributed by atoms with van der Waals surface area (Å²) in [6, 6.07) is 6.18. The Kier molecular flexibility index (Phi) is 3.74. The maximum Gasteiger partial charge on any atom is 0.433 e. The SMILES string of the molecule is CSc1nnc(-c2ccco2)n1/N=C\c1ccc([N+](=O)[O-])o1. The number of nitrogens with zero attached hydrogens (tertiary/aromatic N) is 5. The van der Waals surface area contributed by atoms with Crippen LogP contribution >= 0.6 is 11.8 Å². The fraction of sp³-hybridized carbons (Fsp3) is 0.0833. The van der Waals surface area contributed by atoms with Gasteiger partial charge >= 0.3 is 5.88 Å². The molecule has 112 valence electrons. The van der Waals surface area contributed by atoms with Crippen molar-refractivity contribution in [2.75, 3.05) is 6.26 Å². The smallest absolute Gasteiger partial charge is 0.433 e. The Morgan fingerprint density at radius 2 is 2.27 bits per heavy atom. The largest absolute Gasteiger partial charge is 0.461 e. The number of rotatable bonds is 5. The predicted molar refractivity (Wildman–Crippen MR) is 77.9 cm³/mol. The average molecular weight is 319 g/mol. The molecule has 0 atom stereocenters. The zero-order valence-electron chi connectivity index (χ0n) is 11.2. The fourth-order valence-corrected chi connectivity index (χ4v) is 2.11. The summed E-state index contributed by atoms with van der Waals surface area (Å²) >= 11 is 1.35. The van der Waals surface area contributed by atoms with Crippen LogP contribution in [0.15, 0.2) is 49.6 Å². The first kappa shape index (κ1) is 14.1. The van der Waals surface area contributed by atoms with Crippen LogP contribution in [0.2, 0.25) is 0 Å². The molecular formula is C12H9N5O4S.